The lowest BCUT2D eigenvalue weighted by molar-refractivity contribution is -0.130. The number of hydrogen-bond donors (Lipinski definition) is 1. The van der Waals surface area contributed by atoms with E-state index in [1.807, 2.05) is 11.8 Å². The molecular formula is C15H18F2N4O. The zero-order chi connectivity index (χ0) is 15.9. The van der Waals surface area contributed by atoms with E-state index in [0.29, 0.717) is 29.9 Å². The summed E-state index contributed by atoms with van der Waals surface area (Å²) in [5.41, 5.74) is 0.909. The number of fused-ring (bicyclic) bond motifs is 1. The Morgan fingerprint density at radius 3 is 2.50 bits per heavy atom. The molecule has 1 fully saturated rings. The number of halogens is 2. The minimum Gasteiger partial charge on any atom is -0.341 e. The van der Waals surface area contributed by atoms with Crippen LogP contribution in [0, 0.1) is 11.6 Å². The van der Waals surface area contributed by atoms with Gasteiger partial charge in [0.2, 0.25) is 5.91 Å². The van der Waals surface area contributed by atoms with Crippen molar-refractivity contribution in [3.63, 3.8) is 0 Å². The lowest BCUT2D eigenvalue weighted by Gasteiger charge is -2.36. The number of rotatable bonds is 2. The number of nitrogens with zero attached hydrogens (tertiary/aromatic N) is 3. The van der Waals surface area contributed by atoms with Gasteiger partial charge in [-0.05, 0) is 6.92 Å². The van der Waals surface area contributed by atoms with Crippen molar-refractivity contribution in [3.05, 3.63) is 29.6 Å². The number of aromatic amines is 1. The Kier molecular flexibility index (Phi) is 3.82. The zero-order valence-electron chi connectivity index (χ0n) is 12.6. The van der Waals surface area contributed by atoms with Crippen molar-refractivity contribution in [2.24, 2.45) is 0 Å². The summed E-state index contributed by atoms with van der Waals surface area (Å²) in [5, 5.41) is 0. The molecule has 22 heavy (non-hydrogen) atoms. The average Bonchev–Trinajstić information content (AvgIpc) is 2.90. The summed E-state index contributed by atoms with van der Waals surface area (Å²) in [5.74, 6) is -1.02. The second kappa shape index (κ2) is 5.64. The Hall–Kier alpha value is -2.02. The first-order valence-electron chi connectivity index (χ1n) is 7.30. The first-order chi connectivity index (χ1) is 10.5. The summed E-state index contributed by atoms with van der Waals surface area (Å²) in [6, 6.07) is 2.22. The standard InChI is InChI=1S/C15H18F2N4O/c1-9(20-3-5-21(6-4-20)10(2)22)15-18-13-7-11(16)12(17)8-14(13)19-15/h7-9H,3-6H2,1-2H3,(H,18,19). The van der Waals surface area contributed by atoms with Crippen LogP contribution in [0.5, 0.6) is 0 Å². The van der Waals surface area contributed by atoms with Crippen LogP contribution in [0.2, 0.25) is 0 Å². The molecule has 1 unspecified atom stereocenters. The van der Waals surface area contributed by atoms with E-state index in [4.69, 9.17) is 0 Å². The smallest absolute Gasteiger partial charge is 0.219 e. The van der Waals surface area contributed by atoms with Crippen LogP contribution >= 0.6 is 0 Å². The van der Waals surface area contributed by atoms with Crippen molar-refractivity contribution in [2.45, 2.75) is 19.9 Å². The summed E-state index contributed by atoms with van der Waals surface area (Å²) < 4.78 is 26.5. The van der Waals surface area contributed by atoms with Crippen molar-refractivity contribution in [2.75, 3.05) is 26.2 Å². The molecule has 1 aliphatic heterocycles. The Balaban J connectivity index is 1.78. The maximum Gasteiger partial charge on any atom is 0.219 e. The number of nitrogens with one attached hydrogen (secondary N) is 1. The maximum atomic E-state index is 13.3. The van der Waals surface area contributed by atoms with Crippen LogP contribution in [0.1, 0.15) is 25.7 Å². The molecule has 1 saturated heterocycles. The van der Waals surface area contributed by atoms with Gasteiger partial charge in [-0.1, -0.05) is 0 Å². The predicted octanol–water partition coefficient (Wildman–Crippen LogP) is 2.07. The van der Waals surface area contributed by atoms with Crippen LogP contribution in [-0.4, -0.2) is 51.9 Å². The first-order valence-corrected chi connectivity index (χ1v) is 7.30. The zero-order valence-corrected chi connectivity index (χ0v) is 12.6. The molecule has 2 aromatic rings. The molecule has 118 valence electrons. The van der Waals surface area contributed by atoms with Gasteiger partial charge in [-0.25, -0.2) is 13.8 Å². The lowest BCUT2D eigenvalue weighted by atomic mass is 10.2. The van der Waals surface area contributed by atoms with E-state index in [9.17, 15) is 13.6 Å². The average molecular weight is 308 g/mol. The highest BCUT2D eigenvalue weighted by molar-refractivity contribution is 5.75. The lowest BCUT2D eigenvalue weighted by Crippen LogP contribution is -2.48. The monoisotopic (exact) mass is 308 g/mol. The van der Waals surface area contributed by atoms with E-state index in [2.05, 4.69) is 14.9 Å². The summed E-state index contributed by atoms with van der Waals surface area (Å²) >= 11 is 0. The number of H-pyrrole nitrogens is 1. The molecule has 0 aliphatic carbocycles. The Morgan fingerprint density at radius 2 is 1.86 bits per heavy atom. The fourth-order valence-corrected chi connectivity index (χ4v) is 2.82. The molecule has 7 heteroatoms. The fraction of sp³-hybridized carbons (Fsp3) is 0.467. The third-order valence-corrected chi connectivity index (χ3v) is 4.25. The third-order valence-electron chi connectivity index (χ3n) is 4.25. The molecular weight excluding hydrogens is 290 g/mol. The molecule has 2 heterocycles. The largest absolute Gasteiger partial charge is 0.341 e. The van der Waals surface area contributed by atoms with E-state index >= 15 is 0 Å². The molecule has 1 aliphatic rings. The van der Waals surface area contributed by atoms with Gasteiger partial charge in [0, 0.05) is 45.2 Å². The first kappa shape index (κ1) is 14.9. The minimum atomic E-state index is -0.895. The number of hydrogen-bond acceptors (Lipinski definition) is 3. The van der Waals surface area contributed by atoms with Gasteiger partial charge in [-0.2, -0.15) is 0 Å². The quantitative estimate of drug-likeness (QED) is 0.924. The summed E-state index contributed by atoms with van der Waals surface area (Å²) in [6.07, 6.45) is 0. The normalized spacial score (nSPS) is 17.9. The van der Waals surface area contributed by atoms with Crippen LogP contribution in [0.4, 0.5) is 8.78 Å². The van der Waals surface area contributed by atoms with Gasteiger partial charge in [-0.15, -0.1) is 0 Å². The van der Waals surface area contributed by atoms with E-state index < -0.39 is 11.6 Å². The van der Waals surface area contributed by atoms with E-state index in [-0.39, 0.29) is 11.9 Å². The minimum absolute atomic E-state index is 0.00682. The van der Waals surface area contributed by atoms with Crippen LogP contribution in [-0.2, 0) is 4.79 Å². The second-order valence-electron chi connectivity index (χ2n) is 5.62. The Labute approximate surface area is 126 Å². The van der Waals surface area contributed by atoms with Crippen LogP contribution < -0.4 is 0 Å². The van der Waals surface area contributed by atoms with Gasteiger partial charge in [0.1, 0.15) is 5.82 Å². The Morgan fingerprint density at radius 1 is 1.23 bits per heavy atom. The molecule has 0 radical (unpaired) electrons. The van der Waals surface area contributed by atoms with Crippen molar-refractivity contribution in [1.29, 1.82) is 0 Å². The molecule has 1 N–H and O–H groups in total. The van der Waals surface area contributed by atoms with Gasteiger partial charge in [0.05, 0.1) is 17.1 Å². The maximum absolute atomic E-state index is 13.3. The number of benzene rings is 1. The number of imidazole rings is 1. The highest BCUT2D eigenvalue weighted by atomic mass is 19.2. The number of aromatic nitrogens is 2. The Bertz CT molecular complexity index is 668. The molecule has 0 saturated carbocycles. The molecule has 1 aromatic carbocycles. The molecule has 1 amide bonds. The van der Waals surface area contributed by atoms with Gasteiger partial charge in [0.15, 0.2) is 11.6 Å². The van der Waals surface area contributed by atoms with Gasteiger partial charge < -0.3 is 9.88 Å². The summed E-state index contributed by atoms with van der Waals surface area (Å²) in [4.78, 5) is 22.8. The van der Waals surface area contributed by atoms with Crippen LogP contribution in [0.15, 0.2) is 12.1 Å². The number of piperazine rings is 1. The molecule has 5 nitrogen and oxygen atoms in total. The van der Waals surface area contributed by atoms with Crippen LogP contribution in [0.3, 0.4) is 0 Å². The second-order valence-corrected chi connectivity index (χ2v) is 5.62. The van der Waals surface area contributed by atoms with Crippen LogP contribution in [0.25, 0.3) is 11.0 Å². The van der Waals surface area contributed by atoms with Crippen molar-refractivity contribution >= 4 is 16.9 Å². The molecule has 1 atom stereocenters. The number of amides is 1. The van der Waals surface area contributed by atoms with Gasteiger partial charge in [0.25, 0.3) is 0 Å². The molecule has 1 aromatic heterocycles. The van der Waals surface area contributed by atoms with E-state index in [1.165, 1.54) is 0 Å². The number of carbonyl (C=O) groups excluding carboxylic acids is 1. The third kappa shape index (κ3) is 2.68. The van der Waals surface area contributed by atoms with Crippen molar-refractivity contribution in [1.82, 2.24) is 19.8 Å². The molecule has 0 bridgehead atoms. The van der Waals surface area contributed by atoms with E-state index in [0.717, 1.165) is 25.2 Å². The fourth-order valence-electron chi connectivity index (χ4n) is 2.82. The SMILES string of the molecule is CC(=O)N1CCN(C(C)c2nc3cc(F)c(F)cc3[nH]2)CC1. The highest BCUT2D eigenvalue weighted by Gasteiger charge is 2.25. The summed E-state index contributed by atoms with van der Waals surface area (Å²) in [7, 11) is 0. The highest BCUT2D eigenvalue weighted by Crippen LogP contribution is 2.23. The van der Waals surface area contributed by atoms with Gasteiger partial charge >= 0.3 is 0 Å². The van der Waals surface area contributed by atoms with Gasteiger partial charge in [-0.3, -0.25) is 9.69 Å². The predicted molar refractivity (Wildman–Crippen MR) is 78.3 cm³/mol. The topological polar surface area (TPSA) is 52.2 Å². The molecule has 0 spiro atoms. The van der Waals surface area contributed by atoms with Crippen molar-refractivity contribution < 1.29 is 13.6 Å². The summed E-state index contributed by atoms with van der Waals surface area (Å²) in [6.45, 7) is 6.43. The van der Waals surface area contributed by atoms with Crippen molar-refractivity contribution in [3.8, 4) is 0 Å². The molecule has 3 rings (SSSR count). The number of carbonyl (C=O) groups is 1. The van der Waals surface area contributed by atoms with E-state index in [1.54, 1.807) is 6.92 Å².